The second-order valence-electron chi connectivity index (χ2n) is 1.65. The first-order valence-corrected chi connectivity index (χ1v) is 3.34. The summed E-state index contributed by atoms with van der Waals surface area (Å²) in [6.45, 7) is 0. The Morgan fingerprint density at radius 1 is 0.917 bits per heavy atom. The fourth-order valence-corrected chi connectivity index (χ4v) is 0.480. The summed E-state index contributed by atoms with van der Waals surface area (Å²) in [5.41, 5.74) is 0. The van der Waals surface area contributed by atoms with Crippen molar-refractivity contribution in [2.24, 2.45) is 0 Å². The third-order valence-corrected chi connectivity index (χ3v) is 1.48. The molecular weight excluding hydrogens is 308 g/mol. The average Bonchev–Trinajstić information content (AvgIpc) is 1.83. The number of halogens is 8. The molecule has 0 rings (SSSR count). The molecule has 0 N–H and O–H groups in total. The van der Waals surface area contributed by atoms with Gasteiger partial charge in [0, 0.05) is 22.6 Å². The molecule has 0 radical (unpaired) electrons. The lowest BCUT2D eigenvalue weighted by molar-refractivity contribution is -0.127. The van der Waals surface area contributed by atoms with Gasteiger partial charge in [-0.05, 0) is 0 Å². The van der Waals surface area contributed by atoms with Gasteiger partial charge >= 0.3 is 15.9 Å². The van der Waals surface area contributed by atoms with Gasteiger partial charge in [-0.3, -0.25) is 0 Å². The van der Waals surface area contributed by atoms with E-state index in [2.05, 4.69) is 0 Å². The van der Waals surface area contributed by atoms with Gasteiger partial charge in [0.15, 0.2) is 0 Å². The quantitative estimate of drug-likeness (QED) is 0.414. The van der Waals surface area contributed by atoms with E-state index in [9.17, 15) is 30.7 Å². The lowest BCUT2D eigenvalue weighted by atomic mass is 10.3. The predicted molar refractivity (Wildman–Crippen MR) is 34.3 cm³/mol. The number of rotatable bonds is 2. The summed E-state index contributed by atoms with van der Waals surface area (Å²) in [7, 11) is 0. The second kappa shape index (κ2) is 3.38. The topological polar surface area (TPSA) is 0 Å². The number of allylic oxidation sites excluding steroid dienone is 1. The third-order valence-electron chi connectivity index (χ3n) is 0.798. The maximum Gasteiger partial charge on any atom is 0.375 e. The van der Waals surface area contributed by atoms with Crippen molar-refractivity contribution in [2.75, 3.05) is 0 Å². The van der Waals surface area contributed by atoms with E-state index in [0.29, 0.717) is 0 Å². The van der Waals surface area contributed by atoms with Gasteiger partial charge in [-0.25, -0.2) is 0 Å². The van der Waals surface area contributed by atoms with Crippen LogP contribution in [-0.4, -0.2) is 9.85 Å². The molecule has 72 valence electrons. The van der Waals surface area contributed by atoms with Crippen LogP contribution in [0, 0.1) is 0 Å². The van der Waals surface area contributed by atoms with Crippen molar-refractivity contribution in [3.8, 4) is 0 Å². The summed E-state index contributed by atoms with van der Waals surface area (Å²) in [4.78, 5) is 0. The van der Waals surface area contributed by atoms with Crippen LogP contribution in [-0.2, 0) is 0 Å². The van der Waals surface area contributed by atoms with Gasteiger partial charge in [0.1, 0.15) is 0 Å². The Labute approximate surface area is 75.6 Å². The number of alkyl halides is 5. The number of hydrogen-bond donors (Lipinski definition) is 0. The lowest BCUT2D eigenvalue weighted by Crippen LogP contribution is -2.35. The van der Waals surface area contributed by atoms with Gasteiger partial charge < -0.3 is 0 Å². The molecule has 0 bridgehead atoms. The molecule has 0 amide bonds. The first kappa shape index (κ1) is 12.0. The molecule has 0 fully saturated rings. The molecular formula is C4F7I. The van der Waals surface area contributed by atoms with Gasteiger partial charge in [-0.15, -0.1) is 0 Å². The predicted octanol–water partition coefficient (Wildman–Crippen LogP) is 3.73. The normalized spacial score (nSPS) is 13.0. The van der Waals surface area contributed by atoms with E-state index in [1.54, 1.807) is 0 Å². The Balaban J connectivity index is 5.01. The van der Waals surface area contributed by atoms with Crippen LogP contribution in [0.4, 0.5) is 30.7 Å². The van der Waals surface area contributed by atoms with E-state index in [1.165, 1.54) is 0 Å². The highest BCUT2D eigenvalue weighted by Gasteiger charge is 2.59. The minimum Gasteiger partial charge on any atom is -0.199 e. The van der Waals surface area contributed by atoms with Gasteiger partial charge in [0.2, 0.25) is 5.83 Å². The molecule has 0 aromatic carbocycles. The molecule has 0 atom stereocenters. The highest BCUT2D eigenvalue weighted by atomic mass is 127. The molecule has 0 aromatic rings. The summed E-state index contributed by atoms with van der Waals surface area (Å²) in [5, 5.41) is 0. The van der Waals surface area contributed by atoms with Crippen LogP contribution in [0.2, 0.25) is 0 Å². The zero-order valence-electron chi connectivity index (χ0n) is 5.02. The largest absolute Gasteiger partial charge is 0.375 e. The first-order valence-electron chi connectivity index (χ1n) is 2.26. The van der Waals surface area contributed by atoms with E-state index >= 15 is 0 Å². The summed E-state index contributed by atoms with van der Waals surface area (Å²) in [6.07, 6.45) is -3.45. The van der Waals surface area contributed by atoms with Gasteiger partial charge in [-0.1, -0.05) is 0 Å². The zero-order valence-corrected chi connectivity index (χ0v) is 7.18. The van der Waals surface area contributed by atoms with Crippen LogP contribution in [0.15, 0.2) is 11.9 Å². The SMILES string of the molecule is FC(F)=C(F)C(F)(F)C(F)(F)I. The van der Waals surface area contributed by atoms with Gasteiger partial charge in [0.25, 0.3) is 0 Å². The average molecular weight is 308 g/mol. The van der Waals surface area contributed by atoms with Gasteiger partial charge in [0.05, 0.1) is 0 Å². The van der Waals surface area contributed by atoms with Crippen molar-refractivity contribution >= 4 is 22.6 Å². The third kappa shape index (κ3) is 2.23. The molecule has 8 heteroatoms. The standard InChI is InChI=1S/C4F7I/c5-1(2(6)7)3(8,9)4(10,11)12. The van der Waals surface area contributed by atoms with Crippen LogP contribution in [0.5, 0.6) is 0 Å². The minimum absolute atomic E-state index is 0.123. The number of hydrogen-bond acceptors (Lipinski definition) is 0. The molecule has 0 saturated heterocycles. The molecule has 0 heterocycles. The van der Waals surface area contributed by atoms with Crippen molar-refractivity contribution in [3.63, 3.8) is 0 Å². The fraction of sp³-hybridized carbons (Fsp3) is 0.500. The Morgan fingerprint density at radius 2 is 1.25 bits per heavy atom. The summed E-state index contributed by atoms with van der Waals surface area (Å²) in [6, 6.07) is 0. The molecule has 0 spiro atoms. The van der Waals surface area contributed by atoms with E-state index < -0.39 is 21.8 Å². The van der Waals surface area contributed by atoms with E-state index in [1.807, 2.05) is 0 Å². The smallest absolute Gasteiger partial charge is 0.199 e. The van der Waals surface area contributed by atoms with Crippen molar-refractivity contribution in [1.29, 1.82) is 0 Å². The highest BCUT2D eigenvalue weighted by Crippen LogP contribution is 2.46. The monoisotopic (exact) mass is 308 g/mol. The highest BCUT2D eigenvalue weighted by molar-refractivity contribution is 14.1. The maximum absolute atomic E-state index is 11.9. The Hall–Kier alpha value is -0.0200. The minimum atomic E-state index is -5.47. The maximum atomic E-state index is 11.9. The zero-order chi connectivity index (χ0) is 10.2. The van der Waals surface area contributed by atoms with Crippen molar-refractivity contribution < 1.29 is 30.7 Å². The van der Waals surface area contributed by atoms with Crippen LogP contribution < -0.4 is 0 Å². The molecule has 0 unspecified atom stereocenters. The Bertz CT molecular complexity index is 198. The van der Waals surface area contributed by atoms with Crippen molar-refractivity contribution in [2.45, 2.75) is 9.85 Å². The molecule has 0 aromatic heterocycles. The Morgan fingerprint density at radius 3 is 1.33 bits per heavy atom. The molecule has 0 saturated carbocycles. The molecule has 0 aliphatic heterocycles. The summed E-state index contributed by atoms with van der Waals surface area (Å²) >= 11 is -0.123. The summed E-state index contributed by atoms with van der Waals surface area (Å²) < 4.78 is 76.4. The van der Waals surface area contributed by atoms with Crippen molar-refractivity contribution in [3.05, 3.63) is 11.9 Å². The van der Waals surface area contributed by atoms with E-state index in [0.717, 1.165) is 0 Å². The van der Waals surface area contributed by atoms with Crippen LogP contribution in [0.25, 0.3) is 0 Å². The second-order valence-corrected chi connectivity index (χ2v) is 3.00. The first-order chi connectivity index (χ1) is 5.10. The lowest BCUT2D eigenvalue weighted by Gasteiger charge is -2.18. The Kier molecular flexibility index (Phi) is 3.38. The van der Waals surface area contributed by atoms with Gasteiger partial charge in [-0.2, -0.15) is 30.7 Å². The van der Waals surface area contributed by atoms with E-state index in [-0.39, 0.29) is 22.6 Å². The molecule has 0 aliphatic rings. The molecule has 0 aliphatic carbocycles. The summed E-state index contributed by atoms with van der Waals surface area (Å²) in [5.74, 6) is -8.87. The van der Waals surface area contributed by atoms with E-state index in [4.69, 9.17) is 0 Å². The van der Waals surface area contributed by atoms with Crippen molar-refractivity contribution in [1.82, 2.24) is 0 Å². The van der Waals surface area contributed by atoms with Crippen LogP contribution in [0.3, 0.4) is 0 Å². The van der Waals surface area contributed by atoms with Crippen LogP contribution >= 0.6 is 22.6 Å². The van der Waals surface area contributed by atoms with Crippen LogP contribution in [0.1, 0.15) is 0 Å². The fourth-order valence-electron chi connectivity index (χ4n) is 0.243. The molecule has 0 nitrogen and oxygen atoms in total. The molecule has 12 heavy (non-hydrogen) atoms.